The standard InChI is InChI=1S/C23H24N2O3/c1-27-20-15-9-14-19(22(20)28-2)16-24-23(26)25-21(17-10-5-3-6-11-17)18-12-7-4-8-13-18/h3-15,21H,16H2,1-2H3,(H2,24,25,26). The SMILES string of the molecule is COc1cccc(CNC(=O)NC(c2ccccc2)c2ccccc2)c1OC. The summed E-state index contributed by atoms with van der Waals surface area (Å²) in [4.78, 5) is 12.6. The molecule has 3 aromatic rings. The zero-order valence-electron chi connectivity index (χ0n) is 16.0. The highest BCUT2D eigenvalue weighted by Gasteiger charge is 2.17. The molecule has 3 rings (SSSR count). The minimum Gasteiger partial charge on any atom is -0.493 e. The second-order valence-electron chi connectivity index (χ2n) is 6.23. The molecule has 2 amide bonds. The smallest absolute Gasteiger partial charge is 0.315 e. The lowest BCUT2D eigenvalue weighted by Crippen LogP contribution is -2.38. The summed E-state index contributed by atoms with van der Waals surface area (Å²) in [6.07, 6.45) is 0. The van der Waals surface area contributed by atoms with E-state index in [4.69, 9.17) is 9.47 Å². The van der Waals surface area contributed by atoms with E-state index in [-0.39, 0.29) is 12.1 Å². The van der Waals surface area contributed by atoms with Crippen LogP contribution in [0.2, 0.25) is 0 Å². The molecule has 3 aromatic carbocycles. The van der Waals surface area contributed by atoms with E-state index in [1.165, 1.54) is 0 Å². The van der Waals surface area contributed by atoms with Gasteiger partial charge < -0.3 is 20.1 Å². The van der Waals surface area contributed by atoms with E-state index >= 15 is 0 Å². The van der Waals surface area contributed by atoms with Crippen molar-refractivity contribution < 1.29 is 14.3 Å². The van der Waals surface area contributed by atoms with Gasteiger partial charge in [0.05, 0.1) is 20.3 Å². The Bertz CT molecular complexity index is 859. The number of rotatable bonds is 7. The molecule has 0 aliphatic carbocycles. The van der Waals surface area contributed by atoms with Gasteiger partial charge in [0.2, 0.25) is 0 Å². The van der Waals surface area contributed by atoms with Gasteiger partial charge >= 0.3 is 6.03 Å². The van der Waals surface area contributed by atoms with Crippen LogP contribution >= 0.6 is 0 Å². The van der Waals surface area contributed by atoms with Crippen LogP contribution in [0.1, 0.15) is 22.7 Å². The molecule has 5 heteroatoms. The topological polar surface area (TPSA) is 59.6 Å². The Balaban J connectivity index is 1.73. The van der Waals surface area contributed by atoms with Gasteiger partial charge in [0.15, 0.2) is 11.5 Å². The number of methoxy groups -OCH3 is 2. The Hall–Kier alpha value is -3.47. The zero-order chi connectivity index (χ0) is 19.8. The maximum atomic E-state index is 12.6. The lowest BCUT2D eigenvalue weighted by Gasteiger charge is -2.20. The molecule has 0 fully saturated rings. The molecule has 0 heterocycles. The average molecular weight is 376 g/mol. The maximum Gasteiger partial charge on any atom is 0.315 e. The van der Waals surface area contributed by atoms with Gasteiger partial charge in [-0.15, -0.1) is 0 Å². The van der Waals surface area contributed by atoms with Gasteiger partial charge in [0, 0.05) is 12.1 Å². The fourth-order valence-electron chi connectivity index (χ4n) is 3.10. The van der Waals surface area contributed by atoms with Crippen molar-refractivity contribution in [2.75, 3.05) is 14.2 Å². The first-order chi connectivity index (χ1) is 13.7. The summed E-state index contributed by atoms with van der Waals surface area (Å²) in [7, 11) is 3.17. The summed E-state index contributed by atoms with van der Waals surface area (Å²) in [6, 6.07) is 24.9. The number of urea groups is 1. The van der Waals surface area contributed by atoms with Crippen molar-refractivity contribution in [2.24, 2.45) is 0 Å². The number of nitrogens with one attached hydrogen (secondary N) is 2. The highest BCUT2D eigenvalue weighted by Crippen LogP contribution is 2.30. The van der Waals surface area contributed by atoms with Crippen LogP contribution < -0.4 is 20.1 Å². The monoisotopic (exact) mass is 376 g/mol. The van der Waals surface area contributed by atoms with Gasteiger partial charge in [-0.2, -0.15) is 0 Å². The maximum absolute atomic E-state index is 12.6. The minimum absolute atomic E-state index is 0.241. The molecule has 144 valence electrons. The summed E-state index contributed by atoms with van der Waals surface area (Å²) >= 11 is 0. The number of hydrogen-bond acceptors (Lipinski definition) is 3. The van der Waals surface area contributed by atoms with Crippen LogP contribution in [0.25, 0.3) is 0 Å². The molecule has 0 radical (unpaired) electrons. The average Bonchev–Trinajstić information content (AvgIpc) is 2.76. The quantitative estimate of drug-likeness (QED) is 0.647. The fraction of sp³-hybridized carbons (Fsp3) is 0.174. The Morgan fingerprint density at radius 3 is 1.96 bits per heavy atom. The van der Waals surface area contributed by atoms with Gasteiger partial charge in [-0.25, -0.2) is 4.79 Å². The van der Waals surface area contributed by atoms with Crippen molar-refractivity contribution in [2.45, 2.75) is 12.6 Å². The Labute approximate surface area is 165 Å². The van der Waals surface area contributed by atoms with Crippen LogP contribution in [-0.4, -0.2) is 20.3 Å². The zero-order valence-corrected chi connectivity index (χ0v) is 16.0. The molecule has 0 unspecified atom stereocenters. The van der Waals surface area contributed by atoms with Gasteiger partial charge in [-0.1, -0.05) is 72.8 Å². The highest BCUT2D eigenvalue weighted by atomic mass is 16.5. The van der Waals surface area contributed by atoms with Crippen molar-refractivity contribution in [3.63, 3.8) is 0 Å². The van der Waals surface area contributed by atoms with Crippen LogP contribution in [0, 0.1) is 0 Å². The molecule has 2 N–H and O–H groups in total. The van der Waals surface area contributed by atoms with Crippen LogP contribution in [-0.2, 0) is 6.54 Å². The largest absolute Gasteiger partial charge is 0.493 e. The highest BCUT2D eigenvalue weighted by molar-refractivity contribution is 5.75. The number of benzene rings is 3. The molecule has 0 aliphatic rings. The second kappa shape index (κ2) is 9.46. The summed E-state index contributed by atoms with van der Waals surface area (Å²) in [5.74, 6) is 1.25. The third-order valence-electron chi connectivity index (χ3n) is 4.47. The fourth-order valence-corrected chi connectivity index (χ4v) is 3.10. The van der Waals surface area contributed by atoms with E-state index in [0.717, 1.165) is 16.7 Å². The first-order valence-corrected chi connectivity index (χ1v) is 9.07. The summed E-state index contributed by atoms with van der Waals surface area (Å²) < 4.78 is 10.7. The summed E-state index contributed by atoms with van der Waals surface area (Å²) in [5.41, 5.74) is 2.87. The van der Waals surface area contributed by atoms with Gasteiger partial charge in [-0.3, -0.25) is 0 Å². The minimum atomic E-state index is -0.262. The molecule has 0 aliphatic heterocycles. The van der Waals surface area contributed by atoms with Crippen molar-refractivity contribution in [1.29, 1.82) is 0 Å². The third-order valence-corrected chi connectivity index (χ3v) is 4.47. The molecule has 0 aromatic heterocycles. The van der Waals surface area contributed by atoms with E-state index in [1.54, 1.807) is 14.2 Å². The van der Waals surface area contributed by atoms with Crippen LogP contribution in [0.3, 0.4) is 0 Å². The number of hydrogen-bond donors (Lipinski definition) is 2. The predicted octanol–water partition coefficient (Wildman–Crippen LogP) is 4.29. The number of carbonyl (C=O) groups excluding carboxylic acids is 1. The first-order valence-electron chi connectivity index (χ1n) is 9.07. The van der Waals surface area contributed by atoms with Crippen molar-refractivity contribution in [3.8, 4) is 11.5 Å². The van der Waals surface area contributed by atoms with Gasteiger partial charge in [0.25, 0.3) is 0 Å². The molecular weight excluding hydrogens is 352 g/mol. The molecule has 0 atom stereocenters. The second-order valence-corrected chi connectivity index (χ2v) is 6.23. The van der Waals surface area contributed by atoms with Crippen molar-refractivity contribution in [3.05, 3.63) is 95.6 Å². The number of carbonyl (C=O) groups is 1. The predicted molar refractivity (Wildman–Crippen MR) is 110 cm³/mol. The summed E-state index contributed by atoms with van der Waals surface area (Å²) in [5, 5.41) is 5.97. The molecule has 28 heavy (non-hydrogen) atoms. The molecule has 0 saturated carbocycles. The Morgan fingerprint density at radius 2 is 1.43 bits per heavy atom. The molecule has 0 spiro atoms. The van der Waals surface area contributed by atoms with Crippen molar-refractivity contribution in [1.82, 2.24) is 10.6 Å². The Morgan fingerprint density at radius 1 is 0.821 bits per heavy atom. The lowest BCUT2D eigenvalue weighted by molar-refractivity contribution is 0.238. The van der Waals surface area contributed by atoms with E-state index in [9.17, 15) is 4.79 Å². The molecule has 5 nitrogen and oxygen atoms in total. The van der Waals surface area contributed by atoms with Gasteiger partial charge in [0.1, 0.15) is 0 Å². The third kappa shape index (κ3) is 4.62. The van der Waals surface area contributed by atoms with Gasteiger partial charge in [-0.05, 0) is 17.2 Å². The Kier molecular flexibility index (Phi) is 6.52. The molecular formula is C23H24N2O3. The van der Waals surface area contributed by atoms with E-state index in [0.29, 0.717) is 18.0 Å². The van der Waals surface area contributed by atoms with E-state index in [1.807, 2.05) is 78.9 Å². The normalized spacial score (nSPS) is 10.4. The van der Waals surface area contributed by atoms with E-state index < -0.39 is 0 Å². The van der Waals surface area contributed by atoms with E-state index in [2.05, 4.69) is 10.6 Å². The number of amides is 2. The van der Waals surface area contributed by atoms with Crippen LogP contribution in [0.15, 0.2) is 78.9 Å². The lowest BCUT2D eigenvalue weighted by atomic mass is 9.99. The van der Waals surface area contributed by atoms with Crippen LogP contribution in [0.5, 0.6) is 11.5 Å². The summed E-state index contributed by atoms with van der Waals surface area (Å²) in [6.45, 7) is 0.322. The number of ether oxygens (including phenoxy) is 2. The molecule has 0 bridgehead atoms. The van der Waals surface area contributed by atoms with Crippen molar-refractivity contribution >= 4 is 6.03 Å². The first kappa shape index (κ1) is 19.3. The molecule has 0 saturated heterocycles. The number of para-hydroxylation sites is 1. The van der Waals surface area contributed by atoms with Crippen LogP contribution in [0.4, 0.5) is 4.79 Å².